The van der Waals surface area contributed by atoms with Crippen LogP contribution in [0.2, 0.25) is 0 Å². The molecule has 1 amide bonds. The van der Waals surface area contributed by atoms with Gasteiger partial charge in [0.1, 0.15) is 0 Å². The summed E-state index contributed by atoms with van der Waals surface area (Å²) < 4.78 is 5.29. The fraction of sp³-hybridized carbons (Fsp3) is 0.842. The third kappa shape index (κ3) is 2.93. The Balaban J connectivity index is 1.31. The molecule has 25 heavy (non-hydrogen) atoms. The molecule has 0 aliphatic heterocycles. The minimum Gasteiger partial charge on any atom is -0.411 e. The number of carbonyl (C=O) groups excluding carboxylic acids is 1. The fourth-order valence-corrected chi connectivity index (χ4v) is 5.78. The van der Waals surface area contributed by atoms with Crippen LogP contribution in [-0.4, -0.2) is 35.2 Å². The van der Waals surface area contributed by atoms with Crippen molar-refractivity contribution < 1.29 is 9.21 Å². The average molecular weight is 346 g/mol. The third-order valence-corrected chi connectivity index (χ3v) is 7.32. The lowest BCUT2D eigenvalue weighted by atomic mass is 9.68. The minimum atomic E-state index is 0.169. The van der Waals surface area contributed by atoms with E-state index in [0.29, 0.717) is 29.9 Å². The fourth-order valence-electron chi connectivity index (χ4n) is 5.78. The standard InChI is InChI=1S/C19H30N4O2/c1-19(2)13-5-4-12(10-13)16(19)17(24)21-14-6-8-15(9-7-14)23(3)18-22-20-11-25-18/h11-16H,4-10H2,1-3H3,(H,21,24). The first-order valence-electron chi connectivity index (χ1n) is 9.76. The summed E-state index contributed by atoms with van der Waals surface area (Å²) >= 11 is 0. The number of anilines is 1. The number of nitrogens with zero attached hydrogens (tertiary/aromatic N) is 3. The van der Waals surface area contributed by atoms with Gasteiger partial charge in [-0.05, 0) is 62.2 Å². The Morgan fingerprint density at radius 2 is 2.00 bits per heavy atom. The van der Waals surface area contributed by atoms with E-state index in [0.717, 1.165) is 31.6 Å². The van der Waals surface area contributed by atoms with Crippen LogP contribution >= 0.6 is 0 Å². The molecule has 6 heteroatoms. The van der Waals surface area contributed by atoms with E-state index >= 15 is 0 Å². The molecule has 0 spiro atoms. The first-order chi connectivity index (χ1) is 12.0. The summed E-state index contributed by atoms with van der Waals surface area (Å²) in [6, 6.07) is 1.30. The van der Waals surface area contributed by atoms with Gasteiger partial charge in [0.15, 0.2) is 0 Å². The second-order valence-electron chi connectivity index (χ2n) is 8.92. The number of fused-ring (bicyclic) bond motifs is 2. The van der Waals surface area contributed by atoms with Crippen molar-refractivity contribution in [2.75, 3.05) is 11.9 Å². The molecule has 0 saturated heterocycles. The van der Waals surface area contributed by atoms with Crippen LogP contribution in [0.25, 0.3) is 0 Å². The van der Waals surface area contributed by atoms with Gasteiger partial charge in [0.2, 0.25) is 12.3 Å². The molecule has 4 rings (SSSR count). The summed E-state index contributed by atoms with van der Waals surface area (Å²) in [7, 11) is 2.01. The van der Waals surface area contributed by atoms with Gasteiger partial charge in [0, 0.05) is 25.0 Å². The molecular weight excluding hydrogens is 316 g/mol. The number of hydrogen-bond acceptors (Lipinski definition) is 5. The largest absolute Gasteiger partial charge is 0.411 e. The number of nitrogens with one attached hydrogen (secondary N) is 1. The quantitative estimate of drug-likeness (QED) is 0.907. The molecule has 3 unspecified atom stereocenters. The van der Waals surface area contributed by atoms with Gasteiger partial charge in [-0.25, -0.2) is 0 Å². The second-order valence-corrected chi connectivity index (χ2v) is 8.92. The number of carbonyl (C=O) groups is 1. The molecule has 3 saturated carbocycles. The molecule has 3 aliphatic rings. The van der Waals surface area contributed by atoms with Crippen molar-refractivity contribution >= 4 is 11.9 Å². The summed E-state index contributed by atoms with van der Waals surface area (Å²) in [5, 5.41) is 11.1. The number of rotatable bonds is 4. The van der Waals surface area contributed by atoms with E-state index in [1.807, 2.05) is 7.05 Å². The van der Waals surface area contributed by atoms with Crippen molar-refractivity contribution in [3.8, 4) is 0 Å². The third-order valence-electron chi connectivity index (χ3n) is 7.32. The van der Waals surface area contributed by atoms with Gasteiger partial charge in [-0.3, -0.25) is 4.79 Å². The van der Waals surface area contributed by atoms with Crippen LogP contribution in [-0.2, 0) is 4.79 Å². The van der Waals surface area contributed by atoms with Crippen molar-refractivity contribution in [3.05, 3.63) is 6.39 Å². The molecule has 3 aliphatic carbocycles. The maximum absolute atomic E-state index is 13.0. The smallest absolute Gasteiger partial charge is 0.317 e. The van der Waals surface area contributed by atoms with E-state index in [9.17, 15) is 4.79 Å². The van der Waals surface area contributed by atoms with Crippen LogP contribution in [0.5, 0.6) is 0 Å². The Morgan fingerprint density at radius 3 is 2.60 bits per heavy atom. The van der Waals surface area contributed by atoms with Crippen molar-refractivity contribution in [1.29, 1.82) is 0 Å². The SMILES string of the molecule is CN(c1nnco1)C1CCC(NC(=O)C2C3CCC(C3)C2(C)C)CC1. The zero-order valence-corrected chi connectivity index (χ0v) is 15.6. The lowest BCUT2D eigenvalue weighted by molar-refractivity contribution is -0.131. The summed E-state index contributed by atoms with van der Waals surface area (Å²) in [5.74, 6) is 1.88. The van der Waals surface area contributed by atoms with Gasteiger partial charge in [0.05, 0.1) is 0 Å². The predicted octanol–water partition coefficient (Wildman–Crippen LogP) is 3.01. The monoisotopic (exact) mass is 346 g/mol. The Bertz CT molecular complexity index is 607. The molecular formula is C19H30N4O2. The summed E-state index contributed by atoms with van der Waals surface area (Å²) in [6.45, 7) is 4.61. The van der Waals surface area contributed by atoms with Gasteiger partial charge < -0.3 is 14.6 Å². The van der Waals surface area contributed by atoms with Crippen molar-refractivity contribution in [2.24, 2.45) is 23.2 Å². The van der Waals surface area contributed by atoms with Crippen molar-refractivity contribution in [2.45, 2.75) is 70.9 Å². The maximum Gasteiger partial charge on any atom is 0.317 e. The van der Waals surface area contributed by atoms with Gasteiger partial charge in [-0.2, -0.15) is 0 Å². The molecule has 1 aromatic heterocycles. The highest BCUT2D eigenvalue weighted by Crippen LogP contribution is 2.59. The van der Waals surface area contributed by atoms with Crippen LogP contribution in [0.3, 0.4) is 0 Å². The maximum atomic E-state index is 13.0. The Labute approximate surface area is 149 Å². The molecule has 138 valence electrons. The number of hydrogen-bond donors (Lipinski definition) is 1. The lowest BCUT2D eigenvalue weighted by Gasteiger charge is -2.39. The summed E-state index contributed by atoms with van der Waals surface area (Å²) in [6.07, 6.45) is 9.32. The van der Waals surface area contributed by atoms with Gasteiger partial charge in [-0.15, -0.1) is 5.10 Å². The minimum absolute atomic E-state index is 0.169. The van der Waals surface area contributed by atoms with E-state index < -0.39 is 0 Å². The number of amides is 1. The lowest BCUT2D eigenvalue weighted by Crippen LogP contribution is -2.48. The van der Waals surface area contributed by atoms with Crippen molar-refractivity contribution in [3.63, 3.8) is 0 Å². The molecule has 6 nitrogen and oxygen atoms in total. The van der Waals surface area contributed by atoms with Gasteiger partial charge >= 0.3 is 6.01 Å². The van der Waals surface area contributed by atoms with E-state index in [2.05, 4.69) is 34.3 Å². The van der Waals surface area contributed by atoms with Crippen molar-refractivity contribution in [1.82, 2.24) is 15.5 Å². The first-order valence-corrected chi connectivity index (χ1v) is 9.76. The van der Waals surface area contributed by atoms with Crippen LogP contribution in [0.15, 0.2) is 10.8 Å². The first kappa shape index (κ1) is 16.9. The molecule has 2 bridgehead atoms. The number of aromatic nitrogens is 2. The predicted molar refractivity (Wildman–Crippen MR) is 95.0 cm³/mol. The second kappa shape index (κ2) is 6.29. The Hall–Kier alpha value is -1.59. The molecule has 1 aromatic rings. The van der Waals surface area contributed by atoms with Gasteiger partial charge in [0.25, 0.3) is 0 Å². The highest BCUT2D eigenvalue weighted by molar-refractivity contribution is 5.80. The molecule has 1 N–H and O–H groups in total. The highest BCUT2D eigenvalue weighted by atomic mass is 16.4. The van der Waals surface area contributed by atoms with Gasteiger partial charge in [-0.1, -0.05) is 18.9 Å². The summed E-state index contributed by atoms with van der Waals surface area (Å²) in [5.41, 5.74) is 0.169. The molecule has 0 radical (unpaired) electrons. The molecule has 0 aromatic carbocycles. The zero-order valence-electron chi connectivity index (χ0n) is 15.6. The zero-order chi connectivity index (χ0) is 17.6. The van der Waals surface area contributed by atoms with E-state index in [1.165, 1.54) is 25.7 Å². The van der Waals surface area contributed by atoms with Crippen LogP contribution in [0.1, 0.15) is 58.8 Å². The van der Waals surface area contributed by atoms with E-state index in [-0.39, 0.29) is 11.3 Å². The van der Waals surface area contributed by atoms with Crippen LogP contribution in [0.4, 0.5) is 6.01 Å². The molecule has 3 fully saturated rings. The Morgan fingerprint density at radius 1 is 1.24 bits per heavy atom. The summed E-state index contributed by atoms with van der Waals surface area (Å²) in [4.78, 5) is 15.0. The Kier molecular flexibility index (Phi) is 4.24. The van der Waals surface area contributed by atoms with E-state index in [4.69, 9.17) is 4.42 Å². The average Bonchev–Trinajstić information content (AvgIpc) is 3.30. The highest BCUT2D eigenvalue weighted by Gasteiger charge is 2.55. The molecule has 3 atom stereocenters. The topological polar surface area (TPSA) is 71.3 Å². The normalized spacial score (nSPS) is 36.4. The van der Waals surface area contributed by atoms with E-state index in [1.54, 1.807) is 0 Å². The molecule has 1 heterocycles. The van der Waals surface area contributed by atoms with Crippen LogP contribution < -0.4 is 10.2 Å². The van der Waals surface area contributed by atoms with Crippen LogP contribution in [0, 0.1) is 23.2 Å².